The number of aliphatic carboxylic acids is 1. The molecular formula is C26H41N5O7. The number of phenolic OH excluding ortho intramolecular Hbond substituents is 1. The Balaban J connectivity index is 3.08. The highest BCUT2D eigenvalue weighted by atomic mass is 16.4. The molecule has 0 saturated heterocycles. The lowest BCUT2D eigenvalue weighted by atomic mass is 9.96. The van der Waals surface area contributed by atoms with Crippen molar-refractivity contribution in [1.82, 2.24) is 16.0 Å². The first-order chi connectivity index (χ1) is 17.8. The van der Waals surface area contributed by atoms with Crippen molar-refractivity contribution in [2.24, 2.45) is 23.3 Å². The molecule has 0 spiro atoms. The fraction of sp³-hybridized carbons (Fsp3) is 0.577. The Labute approximate surface area is 222 Å². The fourth-order valence-electron chi connectivity index (χ4n) is 3.62. The molecule has 212 valence electrons. The number of carbonyl (C=O) groups is 5. The minimum atomic E-state index is -1.30. The van der Waals surface area contributed by atoms with E-state index in [2.05, 4.69) is 16.0 Å². The van der Waals surface area contributed by atoms with Gasteiger partial charge in [0.05, 0.1) is 6.04 Å². The number of nitrogens with two attached hydrogens (primary N) is 2. The van der Waals surface area contributed by atoms with E-state index < -0.39 is 59.7 Å². The van der Waals surface area contributed by atoms with E-state index in [1.54, 1.807) is 32.9 Å². The lowest BCUT2D eigenvalue weighted by Gasteiger charge is -2.28. The van der Waals surface area contributed by atoms with Gasteiger partial charge in [-0.3, -0.25) is 19.2 Å². The lowest BCUT2D eigenvalue weighted by Crippen LogP contribution is -2.59. The van der Waals surface area contributed by atoms with Crippen molar-refractivity contribution in [3.05, 3.63) is 29.8 Å². The number of carboxylic acid groups (broad SMARTS) is 1. The molecule has 6 atom stereocenters. The number of rotatable bonds is 16. The number of primary amides is 1. The van der Waals surface area contributed by atoms with Crippen LogP contribution in [0.2, 0.25) is 0 Å². The lowest BCUT2D eigenvalue weighted by molar-refractivity contribution is -0.142. The first-order valence-electron chi connectivity index (χ1n) is 12.8. The predicted molar refractivity (Wildman–Crippen MR) is 141 cm³/mol. The SMILES string of the molecule is CCC(C)C(N)C(=O)NC(CCC(N)=O)C(=O)NC(C(=O)NC(Cc1ccc(O)cc1)C(=O)O)C(C)CC. The van der Waals surface area contributed by atoms with Crippen LogP contribution in [0.15, 0.2) is 24.3 Å². The first-order valence-corrected chi connectivity index (χ1v) is 12.8. The van der Waals surface area contributed by atoms with Crippen molar-refractivity contribution < 1.29 is 34.2 Å². The van der Waals surface area contributed by atoms with E-state index >= 15 is 0 Å². The summed E-state index contributed by atoms with van der Waals surface area (Å²) in [5.74, 6) is -4.48. The van der Waals surface area contributed by atoms with E-state index in [4.69, 9.17) is 11.5 Å². The molecule has 0 bridgehead atoms. The molecule has 6 unspecified atom stereocenters. The number of amides is 4. The van der Waals surface area contributed by atoms with Crippen LogP contribution in [0.1, 0.15) is 58.9 Å². The monoisotopic (exact) mass is 535 g/mol. The minimum absolute atomic E-state index is 0.0206. The Morgan fingerprint density at radius 1 is 0.842 bits per heavy atom. The first kappa shape index (κ1) is 32.4. The van der Waals surface area contributed by atoms with Gasteiger partial charge in [0.15, 0.2) is 0 Å². The molecule has 1 aromatic carbocycles. The molecule has 0 saturated carbocycles. The van der Waals surface area contributed by atoms with Gasteiger partial charge < -0.3 is 37.6 Å². The summed E-state index contributed by atoms with van der Waals surface area (Å²) in [5, 5.41) is 26.8. The quantitative estimate of drug-likeness (QED) is 0.154. The van der Waals surface area contributed by atoms with E-state index in [0.717, 1.165) is 0 Å². The molecule has 1 aromatic rings. The van der Waals surface area contributed by atoms with E-state index in [1.807, 2.05) is 6.92 Å². The molecule has 0 radical (unpaired) electrons. The van der Waals surface area contributed by atoms with Crippen LogP contribution in [0.5, 0.6) is 5.75 Å². The third kappa shape index (κ3) is 10.4. The molecule has 0 aliphatic heterocycles. The molecular weight excluding hydrogens is 494 g/mol. The Morgan fingerprint density at radius 2 is 1.39 bits per heavy atom. The average molecular weight is 536 g/mol. The van der Waals surface area contributed by atoms with Crippen LogP contribution in [0, 0.1) is 11.8 Å². The number of carboxylic acids is 1. The average Bonchev–Trinajstić information content (AvgIpc) is 2.88. The molecule has 1 rings (SSSR count). The standard InChI is InChI=1S/C26H41N5O7/c1-5-14(3)21(28)24(35)29-18(11-12-20(27)33)23(34)31-22(15(4)6-2)25(36)30-19(26(37)38)13-16-7-9-17(32)10-8-16/h7-10,14-15,18-19,21-22,32H,5-6,11-13,28H2,1-4H3,(H2,27,33)(H,29,35)(H,30,36)(H,31,34)(H,37,38). The van der Waals surface area contributed by atoms with E-state index in [1.165, 1.54) is 12.1 Å². The Hall–Kier alpha value is -3.67. The smallest absolute Gasteiger partial charge is 0.326 e. The van der Waals surface area contributed by atoms with E-state index in [9.17, 15) is 34.2 Å². The number of hydrogen-bond acceptors (Lipinski definition) is 7. The van der Waals surface area contributed by atoms with Crippen molar-refractivity contribution in [3.8, 4) is 5.75 Å². The molecule has 0 aromatic heterocycles. The zero-order valence-electron chi connectivity index (χ0n) is 22.4. The normalized spacial score (nSPS) is 15.7. The van der Waals surface area contributed by atoms with E-state index in [-0.39, 0.29) is 30.9 Å². The molecule has 12 heteroatoms. The summed E-state index contributed by atoms with van der Waals surface area (Å²) in [5.41, 5.74) is 11.8. The van der Waals surface area contributed by atoms with Crippen LogP contribution in [-0.4, -0.2) is 64.0 Å². The topological polar surface area (TPSA) is 214 Å². The Bertz CT molecular complexity index is 969. The van der Waals surface area contributed by atoms with Gasteiger partial charge in [-0.2, -0.15) is 0 Å². The van der Waals surface area contributed by atoms with Crippen LogP contribution >= 0.6 is 0 Å². The van der Waals surface area contributed by atoms with Crippen molar-refractivity contribution >= 4 is 29.6 Å². The summed E-state index contributed by atoms with van der Waals surface area (Å²) < 4.78 is 0. The molecule has 0 aliphatic carbocycles. The van der Waals surface area contributed by atoms with Gasteiger partial charge in [-0.1, -0.05) is 52.7 Å². The van der Waals surface area contributed by atoms with Crippen molar-refractivity contribution in [2.45, 2.75) is 84.0 Å². The van der Waals surface area contributed by atoms with E-state index in [0.29, 0.717) is 18.4 Å². The van der Waals surface area contributed by atoms with Crippen LogP contribution in [0.4, 0.5) is 0 Å². The summed E-state index contributed by atoms with van der Waals surface area (Å²) in [4.78, 5) is 62.2. The maximum Gasteiger partial charge on any atom is 0.326 e. The van der Waals surface area contributed by atoms with Gasteiger partial charge in [0.2, 0.25) is 23.6 Å². The minimum Gasteiger partial charge on any atom is -0.508 e. The van der Waals surface area contributed by atoms with Crippen molar-refractivity contribution in [3.63, 3.8) is 0 Å². The zero-order chi connectivity index (χ0) is 29.0. The van der Waals surface area contributed by atoms with Gasteiger partial charge >= 0.3 is 5.97 Å². The third-order valence-corrected chi connectivity index (χ3v) is 6.66. The van der Waals surface area contributed by atoms with Crippen LogP contribution in [0.25, 0.3) is 0 Å². The highest BCUT2D eigenvalue weighted by molar-refractivity contribution is 5.94. The Kier molecular flexibility index (Phi) is 13.2. The van der Waals surface area contributed by atoms with Crippen molar-refractivity contribution in [2.75, 3.05) is 0 Å². The number of carbonyl (C=O) groups excluding carboxylic acids is 4. The maximum absolute atomic E-state index is 13.2. The zero-order valence-corrected chi connectivity index (χ0v) is 22.4. The van der Waals surface area contributed by atoms with Gasteiger partial charge in [0.25, 0.3) is 0 Å². The molecule has 9 N–H and O–H groups in total. The van der Waals surface area contributed by atoms with Gasteiger partial charge in [0.1, 0.15) is 23.9 Å². The van der Waals surface area contributed by atoms with Gasteiger partial charge in [-0.15, -0.1) is 0 Å². The highest BCUT2D eigenvalue weighted by Crippen LogP contribution is 2.14. The number of hydrogen-bond donors (Lipinski definition) is 7. The summed E-state index contributed by atoms with van der Waals surface area (Å²) in [7, 11) is 0. The number of aromatic hydroxyl groups is 1. The number of nitrogens with one attached hydrogen (secondary N) is 3. The molecule has 12 nitrogen and oxygen atoms in total. The second-order valence-corrected chi connectivity index (χ2v) is 9.62. The molecule has 4 amide bonds. The molecule has 0 fully saturated rings. The second kappa shape index (κ2) is 15.6. The molecule has 0 heterocycles. The Morgan fingerprint density at radius 3 is 1.89 bits per heavy atom. The predicted octanol–water partition coefficient (Wildman–Crippen LogP) is 0.159. The third-order valence-electron chi connectivity index (χ3n) is 6.66. The summed E-state index contributed by atoms with van der Waals surface area (Å²) in [6.45, 7) is 7.19. The van der Waals surface area contributed by atoms with Crippen LogP contribution in [0.3, 0.4) is 0 Å². The van der Waals surface area contributed by atoms with Crippen LogP contribution in [-0.2, 0) is 30.4 Å². The van der Waals surface area contributed by atoms with Gasteiger partial charge in [-0.25, -0.2) is 4.79 Å². The molecule has 0 aliphatic rings. The highest BCUT2D eigenvalue weighted by Gasteiger charge is 2.33. The maximum atomic E-state index is 13.2. The second-order valence-electron chi connectivity index (χ2n) is 9.62. The summed E-state index contributed by atoms with van der Waals surface area (Å²) >= 11 is 0. The number of phenols is 1. The van der Waals surface area contributed by atoms with Crippen molar-refractivity contribution in [1.29, 1.82) is 0 Å². The summed E-state index contributed by atoms with van der Waals surface area (Å²) in [6.07, 6.45) is 0.773. The largest absolute Gasteiger partial charge is 0.508 e. The number of benzene rings is 1. The van der Waals surface area contributed by atoms with Crippen LogP contribution < -0.4 is 27.4 Å². The van der Waals surface area contributed by atoms with Gasteiger partial charge in [-0.05, 0) is 36.0 Å². The fourth-order valence-corrected chi connectivity index (χ4v) is 3.62. The van der Waals surface area contributed by atoms with Gasteiger partial charge in [0, 0.05) is 12.8 Å². The summed E-state index contributed by atoms with van der Waals surface area (Å²) in [6, 6.07) is 1.42. The molecule has 38 heavy (non-hydrogen) atoms.